The number of esters is 2. The van der Waals surface area contributed by atoms with Crippen LogP contribution in [0.2, 0.25) is 0 Å². The summed E-state index contributed by atoms with van der Waals surface area (Å²) in [5, 5.41) is 0. The zero-order valence-corrected chi connectivity index (χ0v) is 11.8. The Morgan fingerprint density at radius 1 is 0.900 bits per heavy atom. The molecule has 0 aromatic carbocycles. The summed E-state index contributed by atoms with van der Waals surface area (Å²) in [5.74, 6) is -0.0288. The minimum atomic E-state index is -0.455. The van der Waals surface area contributed by atoms with Gasteiger partial charge in [-0.15, -0.1) is 0 Å². The summed E-state index contributed by atoms with van der Waals surface area (Å²) >= 11 is 0. The smallest absolute Gasteiger partial charge is 0.330 e. The first-order valence-corrected chi connectivity index (χ1v) is 7.31. The average molecular weight is 278 g/mol. The van der Waals surface area contributed by atoms with Crippen molar-refractivity contribution < 1.29 is 19.1 Å². The summed E-state index contributed by atoms with van der Waals surface area (Å²) in [4.78, 5) is 23.0. The van der Waals surface area contributed by atoms with Crippen LogP contribution in [0, 0.1) is 11.8 Å². The molecular formula is C16H22O4. The summed E-state index contributed by atoms with van der Waals surface area (Å²) in [6, 6.07) is 0. The number of hydrogen-bond donors (Lipinski definition) is 0. The minimum absolute atomic E-state index is 0.295. The Labute approximate surface area is 119 Å². The van der Waals surface area contributed by atoms with Crippen molar-refractivity contribution in [2.75, 3.05) is 0 Å². The van der Waals surface area contributed by atoms with Gasteiger partial charge in [-0.05, 0) is 25.2 Å². The highest BCUT2D eigenvalue weighted by atomic mass is 16.6. The third-order valence-electron chi connectivity index (χ3n) is 4.43. The van der Waals surface area contributed by atoms with Gasteiger partial charge in [0.2, 0.25) is 0 Å². The van der Waals surface area contributed by atoms with Gasteiger partial charge in [-0.25, -0.2) is 9.59 Å². The van der Waals surface area contributed by atoms with E-state index in [4.69, 9.17) is 9.47 Å². The van der Waals surface area contributed by atoms with E-state index in [1.54, 1.807) is 0 Å². The third-order valence-corrected chi connectivity index (χ3v) is 4.43. The quantitative estimate of drug-likeness (QED) is 0.586. The topological polar surface area (TPSA) is 52.6 Å². The average Bonchev–Trinajstić information content (AvgIpc) is 2.49. The van der Waals surface area contributed by atoms with Crippen molar-refractivity contribution >= 4 is 11.9 Å². The van der Waals surface area contributed by atoms with Crippen molar-refractivity contribution in [3.05, 3.63) is 25.3 Å². The van der Waals surface area contributed by atoms with Crippen LogP contribution >= 0.6 is 0 Å². The molecule has 0 amide bonds. The van der Waals surface area contributed by atoms with E-state index in [0.717, 1.165) is 31.8 Å². The molecule has 2 aliphatic carbocycles. The summed E-state index contributed by atoms with van der Waals surface area (Å²) in [5.41, 5.74) is 0. The van der Waals surface area contributed by atoms with Crippen molar-refractivity contribution in [2.24, 2.45) is 11.8 Å². The fraction of sp³-hybridized carbons (Fsp3) is 0.625. The van der Waals surface area contributed by atoms with Crippen LogP contribution in [0.1, 0.15) is 38.5 Å². The van der Waals surface area contributed by atoms with E-state index in [1.165, 1.54) is 18.9 Å². The van der Waals surface area contributed by atoms with Crippen molar-refractivity contribution in [3.63, 3.8) is 0 Å². The molecule has 4 unspecified atom stereocenters. The van der Waals surface area contributed by atoms with Crippen LogP contribution in [0.15, 0.2) is 25.3 Å². The molecule has 0 aliphatic heterocycles. The molecule has 4 nitrogen and oxygen atoms in total. The zero-order chi connectivity index (χ0) is 14.5. The van der Waals surface area contributed by atoms with E-state index in [-0.39, 0.29) is 12.2 Å². The lowest BCUT2D eigenvalue weighted by atomic mass is 9.68. The number of ether oxygens (including phenoxy) is 2. The van der Waals surface area contributed by atoms with Crippen LogP contribution in [0.3, 0.4) is 0 Å². The van der Waals surface area contributed by atoms with Crippen LogP contribution in [0.5, 0.6) is 0 Å². The largest absolute Gasteiger partial charge is 0.455 e. The van der Waals surface area contributed by atoms with Crippen molar-refractivity contribution in [1.82, 2.24) is 0 Å². The normalized spacial score (nSPS) is 32.6. The SMILES string of the molecule is C=CC(=O)OC1CCC2CCCCC2C1OC(=O)C=C. The molecule has 0 aromatic rings. The minimum Gasteiger partial charge on any atom is -0.455 e. The molecule has 0 heterocycles. The number of carbonyl (C=O) groups excluding carboxylic acids is 2. The van der Waals surface area contributed by atoms with Crippen LogP contribution < -0.4 is 0 Å². The maximum Gasteiger partial charge on any atom is 0.330 e. The fourth-order valence-corrected chi connectivity index (χ4v) is 3.51. The highest BCUT2D eigenvalue weighted by Crippen LogP contribution is 2.42. The summed E-state index contributed by atoms with van der Waals surface area (Å²) < 4.78 is 10.9. The van der Waals surface area contributed by atoms with Gasteiger partial charge in [0, 0.05) is 18.1 Å². The van der Waals surface area contributed by atoms with Crippen molar-refractivity contribution in [1.29, 1.82) is 0 Å². The first-order valence-electron chi connectivity index (χ1n) is 7.31. The van der Waals surface area contributed by atoms with Gasteiger partial charge in [-0.1, -0.05) is 32.4 Å². The molecule has 2 fully saturated rings. The van der Waals surface area contributed by atoms with Crippen LogP contribution in [0.25, 0.3) is 0 Å². The van der Waals surface area contributed by atoms with Gasteiger partial charge in [0.05, 0.1) is 0 Å². The zero-order valence-electron chi connectivity index (χ0n) is 11.8. The molecule has 0 bridgehead atoms. The molecule has 110 valence electrons. The first kappa shape index (κ1) is 14.8. The second kappa shape index (κ2) is 6.73. The molecule has 0 spiro atoms. The van der Waals surface area contributed by atoms with Gasteiger partial charge in [0.1, 0.15) is 12.2 Å². The van der Waals surface area contributed by atoms with Gasteiger partial charge < -0.3 is 9.47 Å². The third kappa shape index (κ3) is 3.30. The molecule has 0 aromatic heterocycles. The van der Waals surface area contributed by atoms with Gasteiger partial charge in [0.25, 0.3) is 0 Å². The summed E-state index contributed by atoms with van der Waals surface area (Å²) in [6.07, 6.45) is 7.98. The van der Waals surface area contributed by atoms with Crippen molar-refractivity contribution in [2.45, 2.75) is 50.7 Å². The predicted octanol–water partition coefficient (Wildman–Crippen LogP) is 2.78. The van der Waals surface area contributed by atoms with E-state index < -0.39 is 11.9 Å². The summed E-state index contributed by atoms with van der Waals surface area (Å²) in [7, 11) is 0. The molecule has 0 saturated heterocycles. The second-order valence-electron chi connectivity index (χ2n) is 5.57. The monoisotopic (exact) mass is 278 g/mol. The molecule has 2 rings (SSSR count). The van der Waals surface area contributed by atoms with Gasteiger partial charge >= 0.3 is 11.9 Å². The van der Waals surface area contributed by atoms with Gasteiger partial charge in [-0.2, -0.15) is 0 Å². The number of fused-ring (bicyclic) bond motifs is 1. The Hall–Kier alpha value is -1.58. The number of hydrogen-bond acceptors (Lipinski definition) is 4. The molecule has 2 saturated carbocycles. The van der Waals surface area contributed by atoms with E-state index >= 15 is 0 Å². The predicted molar refractivity (Wildman–Crippen MR) is 74.8 cm³/mol. The van der Waals surface area contributed by atoms with Crippen molar-refractivity contribution in [3.8, 4) is 0 Å². The Morgan fingerprint density at radius 2 is 1.55 bits per heavy atom. The lowest BCUT2D eigenvalue weighted by Crippen LogP contribution is -2.48. The van der Waals surface area contributed by atoms with E-state index in [2.05, 4.69) is 13.2 Å². The lowest BCUT2D eigenvalue weighted by molar-refractivity contribution is -0.176. The summed E-state index contributed by atoms with van der Waals surface area (Å²) in [6.45, 7) is 6.85. The molecule has 20 heavy (non-hydrogen) atoms. The van der Waals surface area contributed by atoms with Crippen LogP contribution in [0.4, 0.5) is 0 Å². The van der Waals surface area contributed by atoms with Gasteiger partial charge in [0.15, 0.2) is 0 Å². The molecule has 4 atom stereocenters. The highest BCUT2D eigenvalue weighted by Gasteiger charge is 2.44. The first-order chi connectivity index (χ1) is 9.65. The molecule has 0 N–H and O–H groups in total. The maximum absolute atomic E-state index is 11.6. The Kier molecular flexibility index (Phi) is 4.99. The van der Waals surface area contributed by atoms with Crippen LogP contribution in [-0.4, -0.2) is 24.1 Å². The maximum atomic E-state index is 11.6. The molecule has 4 heteroatoms. The standard InChI is InChI=1S/C16H22O4/c1-3-14(17)19-13-10-9-11-7-5-6-8-12(11)16(13)20-15(18)4-2/h3-4,11-13,16H,1-2,5-10H2. The number of rotatable bonds is 4. The lowest BCUT2D eigenvalue weighted by Gasteiger charge is -2.44. The molecule has 0 radical (unpaired) electrons. The van der Waals surface area contributed by atoms with Crippen LogP contribution in [-0.2, 0) is 19.1 Å². The Bertz CT molecular complexity index is 401. The Morgan fingerprint density at radius 3 is 2.25 bits per heavy atom. The molecular weight excluding hydrogens is 256 g/mol. The fourth-order valence-electron chi connectivity index (χ4n) is 3.51. The number of carbonyl (C=O) groups is 2. The highest BCUT2D eigenvalue weighted by molar-refractivity contribution is 5.82. The van der Waals surface area contributed by atoms with E-state index in [0.29, 0.717) is 11.8 Å². The van der Waals surface area contributed by atoms with E-state index in [9.17, 15) is 9.59 Å². The Balaban J connectivity index is 2.12. The second-order valence-corrected chi connectivity index (χ2v) is 5.57. The van der Waals surface area contributed by atoms with E-state index in [1.807, 2.05) is 0 Å². The van der Waals surface area contributed by atoms with Gasteiger partial charge in [-0.3, -0.25) is 0 Å². The molecule has 2 aliphatic rings.